The fourth-order valence-electron chi connectivity index (χ4n) is 3.74. The van der Waals surface area contributed by atoms with Crippen LogP contribution >= 0.6 is 0 Å². The number of carbonyl (C=O) groups is 1. The first kappa shape index (κ1) is 21.0. The zero-order valence-electron chi connectivity index (χ0n) is 17.5. The number of amides is 1. The summed E-state index contributed by atoms with van der Waals surface area (Å²) < 4.78 is 16.4. The van der Waals surface area contributed by atoms with Gasteiger partial charge >= 0.3 is 0 Å². The van der Waals surface area contributed by atoms with Crippen LogP contribution in [0.4, 0.5) is 0 Å². The van der Waals surface area contributed by atoms with E-state index in [1.807, 2.05) is 44.2 Å². The Hall–Kier alpha value is -2.77. The molecule has 3 N–H and O–H groups in total. The van der Waals surface area contributed by atoms with Gasteiger partial charge in [-0.15, -0.1) is 0 Å². The molecule has 1 fully saturated rings. The van der Waals surface area contributed by atoms with E-state index in [2.05, 4.69) is 29.2 Å². The monoisotopic (exact) mass is 399 g/mol. The second-order valence-corrected chi connectivity index (χ2v) is 7.37. The van der Waals surface area contributed by atoms with E-state index in [0.717, 1.165) is 16.7 Å². The van der Waals surface area contributed by atoms with Crippen LogP contribution in [0.3, 0.4) is 0 Å². The zero-order valence-corrected chi connectivity index (χ0v) is 17.5. The first-order valence-electron chi connectivity index (χ1n) is 9.64. The van der Waals surface area contributed by atoms with E-state index < -0.39 is 0 Å². The number of aryl methyl sites for hydroxylation is 2. The summed E-state index contributed by atoms with van der Waals surface area (Å²) in [6.07, 6.45) is -0.279. The lowest BCUT2D eigenvalue weighted by molar-refractivity contribution is -0.124. The second-order valence-electron chi connectivity index (χ2n) is 7.37. The van der Waals surface area contributed by atoms with Crippen LogP contribution in [0.1, 0.15) is 29.5 Å². The Labute approximate surface area is 171 Å². The fraction of sp³-hybridized carbons (Fsp3) is 0.409. The second kappa shape index (κ2) is 9.15. The molecule has 2 aromatic carbocycles. The summed E-state index contributed by atoms with van der Waals surface area (Å²) in [6, 6.07) is 11.8. The SMILES string of the molecule is COc1ccc(C2C(C)NNC2NC(=O)COc2cc(C)cc(C)c2)cc1OC. The van der Waals surface area contributed by atoms with Gasteiger partial charge in [-0.05, 0) is 61.7 Å². The highest BCUT2D eigenvalue weighted by Gasteiger charge is 2.35. The number of hydrogen-bond acceptors (Lipinski definition) is 6. The smallest absolute Gasteiger partial charge is 0.259 e. The van der Waals surface area contributed by atoms with E-state index >= 15 is 0 Å². The lowest BCUT2D eigenvalue weighted by atomic mass is 9.91. The van der Waals surface area contributed by atoms with Gasteiger partial charge in [0.15, 0.2) is 18.1 Å². The van der Waals surface area contributed by atoms with Gasteiger partial charge in [0.2, 0.25) is 0 Å². The molecule has 3 unspecified atom stereocenters. The third-order valence-electron chi connectivity index (χ3n) is 5.04. The first-order valence-corrected chi connectivity index (χ1v) is 9.64. The van der Waals surface area contributed by atoms with Crippen molar-refractivity contribution >= 4 is 5.91 Å². The molecule has 29 heavy (non-hydrogen) atoms. The lowest BCUT2D eigenvalue weighted by Gasteiger charge is -2.23. The molecule has 0 aromatic heterocycles. The van der Waals surface area contributed by atoms with E-state index in [0.29, 0.717) is 17.2 Å². The summed E-state index contributed by atoms with van der Waals surface area (Å²) in [6.45, 7) is 6.02. The average molecular weight is 399 g/mol. The summed E-state index contributed by atoms with van der Waals surface area (Å²) in [7, 11) is 3.22. The third kappa shape index (κ3) is 4.99. The average Bonchev–Trinajstić information content (AvgIpc) is 3.05. The summed E-state index contributed by atoms with van der Waals surface area (Å²) in [5, 5.41) is 3.01. The number of nitrogens with one attached hydrogen (secondary N) is 3. The Kier molecular flexibility index (Phi) is 6.61. The quantitative estimate of drug-likeness (QED) is 0.664. The highest BCUT2D eigenvalue weighted by atomic mass is 16.5. The summed E-state index contributed by atoms with van der Waals surface area (Å²) in [4.78, 5) is 12.5. The lowest BCUT2D eigenvalue weighted by Crippen LogP contribution is -2.47. The fourth-order valence-corrected chi connectivity index (χ4v) is 3.74. The van der Waals surface area contributed by atoms with Crippen LogP contribution in [-0.4, -0.2) is 38.9 Å². The third-order valence-corrected chi connectivity index (χ3v) is 5.04. The van der Waals surface area contributed by atoms with Crippen LogP contribution in [0.15, 0.2) is 36.4 Å². The molecule has 3 atom stereocenters. The van der Waals surface area contributed by atoms with Crippen LogP contribution < -0.4 is 30.4 Å². The number of rotatable bonds is 7. The van der Waals surface area contributed by atoms with Gasteiger partial charge in [0.1, 0.15) is 11.9 Å². The number of hydrogen-bond donors (Lipinski definition) is 3. The molecule has 0 aliphatic carbocycles. The highest BCUT2D eigenvalue weighted by molar-refractivity contribution is 5.78. The van der Waals surface area contributed by atoms with E-state index in [1.54, 1.807) is 14.2 Å². The molecule has 0 saturated carbocycles. The molecule has 7 heteroatoms. The van der Waals surface area contributed by atoms with Crippen molar-refractivity contribution in [3.63, 3.8) is 0 Å². The summed E-state index contributed by atoms with van der Waals surface area (Å²) in [5.74, 6) is 1.85. The molecule has 0 radical (unpaired) electrons. The summed E-state index contributed by atoms with van der Waals surface area (Å²) in [5.41, 5.74) is 9.60. The first-order chi connectivity index (χ1) is 13.9. The number of methoxy groups -OCH3 is 2. The van der Waals surface area contributed by atoms with E-state index in [1.165, 1.54) is 0 Å². The highest BCUT2D eigenvalue weighted by Crippen LogP contribution is 2.34. The van der Waals surface area contributed by atoms with Crippen LogP contribution in [0.25, 0.3) is 0 Å². The van der Waals surface area contributed by atoms with Gasteiger partial charge in [-0.3, -0.25) is 10.2 Å². The Morgan fingerprint density at radius 2 is 1.69 bits per heavy atom. The standard InChI is InChI=1S/C22H29N3O4/c1-13-8-14(2)10-17(9-13)29-12-20(26)23-22-21(15(3)24-25-22)16-6-7-18(27-4)19(11-16)28-5/h6-11,15,21-22,24-25H,12H2,1-5H3,(H,23,26). The molecule has 0 bridgehead atoms. The minimum Gasteiger partial charge on any atom is -0.493 e. The van der Waals surface area contributed by atoms with Crippen molar-refractivity contribution in [1.29, 1.82) is 0 Å². The van der Waals surface area contributed by atoms with Crippen LogP contribution in [0, 0.1) is 13.8 Å². The van der Waals surface area contributed by atoms with Crippen molar-refractivity contribution in [2.24, 2.45) is 0 Å². The molecule has 2 aromatic rings. The van der Waals surface area contributed by atoms with Gasteiger partial charge in [-0.2, -0.15) is 0 Å². The topological polar surface area (TPSA) is 80.9 Å². The number of ether oxygens (including phenoxy) is 3. The minimum atomic E-state index is -0.279. The van der Waals surface area contributed by atoms with Gasteiger partial charge in [0.25, 0.3) is 5.91 Å². The van der Waals surface area contributed by atoms with Gasteiger partial charge in [-0.1, -0.05) is 12.1 Å². The van der Waals surface area contributed by atoms with Crippen LogP contribution in [0.5, 0.6) is 17.2 Å². The molecular formula is C22H29N3O4. The van der Waals surface area contributed by atoms with Crippen molar-refractivity contribution in [3.05, 3.63) is 53.1 Å². The molecule has 1 amide bonds. The van der Waals surface area contributed by atoms with E-state index in [-0.39, 0.29) is 30.6 Å². The van der Waals surface area contributed by atoms with Crippen molar-refractivity contribution in [2.45, 2.75) is 38.9 Å². The molecule has 156 valence electrons. The Morgan fingerprint density at radius 1 is 1.00 bits per heavy atom. The molecule has 1 heterocycles. The number of benzene rings is 2. The molecule has 3 rings (SSSR count). The zero-order chi connectivity index (χ0) is 21.0. The van der Waals surface area contributed by atoms with Crippen LogP contribution in [0.2, 0.25) is 0 Å². The predicted molar refractivity (Wildman–Crippen MR) is 111 cm³/mol. The van der Waals surface area contributed by atoms with Crippen molar-refractivity contribution in [2.75, 3.05) is 20.8 Å². The van der Waals surface area contributed by atoms with E-state index in [9.17, 15) is 4.79 Å². The molecule has 1 aliphatic rings. The number of carbonyl (C=O) groups excluding carboxylic acids is 1. The molecular weight excluding hydrogens is 370 g/mol. The van der Waals surface area contributed by atoms with Crippen molar-refractivity contribution < 1.29 is 19.0 Å². The Morgan fingerprint density at radius 3 is 2.34 bits per heavy atom. The minimum absolute atomic E-state index is 0.0139. The number of hydrazine groups is 1. The maximum Gasteiger partial charge on any atom is 0.259 e. The predicted octanol–water partition coefficient (Wildman–Crippen LogP) is 2.42. The van der Waals surface area contributed by atoms with Gasteiger partial charge in [-0.25, -0.2) is 5.43 Å². The molecule has 1 aliphatic heterocycles. The Bertz CT molecular complexity index is 851. The van der Waals surface area contributed by atoms with Gasteiger partial charge in [0, 0.05) is 12.0 Å². The van der Waals surface area contributed by atoms with E-state index in [4.69, 9.17) is 14.2 Å². The van der Waals surface area contributed by atoms with Crippen LogP contribution in [-0.2, 0) is 4.79 Å². The van der Waals surface area contributed by atoms with Crippen molar-refractivity contribution in [3.8, 4) is 17.2 Å². The van der Waals surface area contributed by atoms with Gasteiger partial charge < -0.3 is 19.5 Å². The van der Waals surface area contributed by atoms with Crippen molar-refractivity contribution in [1.82, 2.24) is 16.2 Å². The Balaban J connectivity index is 1.67. The molecule has 1 saturated heterocycles. The normalized spacial score (nSPS) is 20.9. The van der Waals surface area contributed by atoms with Gasteiger partial charge in [0.05, 0.1) is 14.2 Å². The summed E-state index contributed by atoms with van der Waals surface area (Å²) >= 11 is 0. The maximum absolute atomic E-state index is 12.5. The molecule has 7 nitrogen and oxygen atoms in total. The largest absolute Gasteiger partial charge is 0.493 e. The maximum atomic E-state index is 12.5. The molecule has 0 spiro atoms.